The molecule has 0 aliphatic carbocycles. The monoisotopic (exact) mass is 479 g/mol. The number of nitrogens with one attached hydrogen (secondary N) is 2. The van der Waals surface area contributed by atoms with Gasteiger partial charge in [-0.05, 0) is 26.7 Å². The Morgan fingerprint density at radius 3 is 2.48 bits per heavy atom. The van der Waals surface area contributed by atoms with Crippen LogP contribution in [0.3, 0.4) is 0 Å². The number of aromatic nitrogens is 1. The highest BCUT2D eigenvalue weighted by Gasteiger charge is 2.24. The maximum absolute atomic E-state index is 12.0. The molecule has 1 saturated heterocycles. The molecule has 25 heavy (non-hydrogen) atoms. The summed E-state index contributed by atoms with van der Waals surface area (Å²) in [6, 6.07) is 0.354. The van der Waals surface area contributed by atoms with Crippen molar-refractivity contribution in [2.24, 2.45) is 10.9 Å². The summed E-state index contributed by atoms with van der Waals surface area (Å²) in [7, 11) is 1.78. The number of likely N-dealkylation sites (tertiary alicyclic amines) is 1. The van der Waals surface area contributed by atoms with Gasteiger partial charge in [0.05, 0.1) is 12.2 Å². The van der Waals surface area contributed by atoms with E-state index < -0.39 is 0 Å². The first kappa shape index (κ1) is 22.1. The Balaban J connectivity index is 0.00000312. The number of halogens is 1. The van der Waals surface area contributed by atoms with E-state index in [0.29, 0.717) is 12.6 Å². The minimum absolute atomic E-state index is 0. The van der Waals surface area contributed by atoms with Crippen LogP contribution in [-0.2, 0) is 11.3 Å². The molecule has 0 saturated carbocycles. The molecule has 8 heteroatoms. The van der Waals surface area contributed by atoms with Gasteiger partial charge in [0, 0.05) is 37.0 Å². The smallest absolute Gasteiger partial charge is 0.225 e. The van der Waals surface area contributed by atoms with E-state index in [1.807, 2.05) is 25.7 Å². The Labute approximate surface area is 171 Å². The second-order valence-corrected chi connectivity index (χ2v) is 7.86. The van der Waals surface area contributed by atoms with E-state index in [4.69, 9.17) is 0 Å². The Hall–Kier alpha value is -0.900. The van der Waals surface area contributed by atoms with Crippen molar-refractivity contribution in [2.45, 2.75) is 53.1 Å². The van der Waals surface area contributed by atoms with Crippen molar-refractivity contribution in [2.75, 3.05) is 20.1 Å². The number of nitrogens with zero attached hydrogens (tertiary/aromatic N) is 3. The van der Waals surface area contributed by atoms with Crippen molar-refractivity contribution in [3.63, 3.8) is 0 Å². The molecule has 0 unspecified atom stereocenters. The third-order valence-electron chi connectivity index (χ3n) is 4.34. The fourth-order valence-corrected chi connectivity index (χ4v) is 3.65. The topological polar surface area (TPSA) is 69.6 Å². The molecule has 1 aromatic heterocycles. The summed E-state index contributed by atoms with van der Waals surface area (Å²) in [5.41, 5.74) is 1.10. The molecule has 0 radical (unpaired) electrons. The highest BCUT2D eigenvalue weighted by Crippen LogP contribution is 2.16. The van der Waals surface area contributed by atoms with Crippen molar-refractivity contribution in [1.82, 2.24) is 20.5 Å². The molecule has 0 spiro atoms. The normalized spacial score (nSPS) is 15.9. The Morgan fingerprint density at radius 2 is 2.00 bits per heavy atom. The molecule has 0 aromatic carbocycles. The molecule has 1 aromatic rings. The first-order valence-corrected chi connectivity index (χ1v) is 9.41. The number of aliphatic imine (C=N–C) groups is 1. The molecular weight excluding hydrogens is 449 g/mol. The van der Waals surface area contributed by atoms with Gasteiger partial charge in [-0.2, -0.15) is 0 Å². The first-order chi connectivity index (χ1) is 11.4. The van der Waals surface area contributed by atoms with Gasteiger partial charge >= 0.3 is 0 Å². The van der Waals surface area contributed by atoms with Crippen LogP contribution in [0.2, 0.25) is 0 Å². The van der Waals surface area contributed by atoms with Crippen molar-refractivity contribution < 1.29 is 4.79 Å². The van der Waals surface area contributed by atoms with Gasteiger partial charge in [0.25, 0.3) is 0 Å². The van der Waals surface area contributed by atoms with Crippen LogP contribution in [0.25, 0.3) is 0 Å². The number of hydrogen-bond acceptors (Lipinski definition) is 4. The fraction of sp³-hybridized carbons (Fsp3) is 0.706. The molecule has 2 N–H and O–H groups in total. The molecule has 6 nitrogen and oxygen atoms in total. The van der Waals surface area contributed by atoms with Crippen LogP contribution < -0.4 is 10.6 Å². The number of carbonyl (C=O) groups excluding carboxylic acids is 1. The van der Waals surface area contributed by atoms with Crippen LogP contribution in [-0.4, -0.2) is 47.9 Å². The third kappa shape index (κ3) is 6.40. The van der Waals surface area contributed by atoms with Crippen LogP contribution in [0, 0.1) is 19.8 Å². The lowest BCUT2D eigenvalue weighted by molar-refractivity contribution is -0.135. The number of carbonyl (C=O) groups is 1. The highest BCUT2D eigenvalue weighted by molar-refractivity contribution is 14.0. The summed E-state index contributed by atoms with van der Waals surface area (Å²) in [5.74, 6) is 1.13. The third-order valence-corrected chi connectivity index (χ3v) is 5.42. The number of thiazole rings is 1. The number of piperidine rings is 1. The van der Waals surface area contributed by atoms with Gasteiger partial charge in [0.1, 0.15) is 5.01 Å². The van der Waals surface area contributed by atoms with Crippen LogP contribution in [0.15, 0.2) is 4.99 Å². The van der Waals surface area contributed by atoms with Crippen LogP contribution in [0.5, 0.6) is 0 Å². The van der Waals surface area contributed by atoms with Gasteiger partial charge < -0.3 is 15.5 Å². The summed E-state index contributed by atoms with van der Waals surface area (Å²) in [5, 5.41) is 7.87. The van der Waals surface area contributed by atoms with Gasteiger partial charge in [0.15, 0.2) is 5.96 Å². The highest BCUT2D eigenvalue weighted by atomic mass is 127. The molecule has 1 aliphatic heterocycles. The Kier molecular flexibility index (Phi) is 9.12. The molecule has 1 fully saturated rings. The fourth-order valence-electron chi connectivity index (χ4n) is 2.77. The number of amides is 1. The minimum atomic E-state index is 0. The van der Waals surface area contributed by atoms with Gasteiger partial charge in [-0.3, -0.25) is 9.79 Å². The number of hydrogen-bond donors (Lipinski definition) is 2. The van der Waals surface area contributed by atoms with E-state index in [9.17, 15) is 4.79 Å². The van der Waals surface area contributed by atoms with Gasteiger partial charge in [-0.15, -0.1) is 35.3 Å². The quantitative estimate of drug-likeness (QED) is 0.396. The molecule has 2 heterocycles. The van der Waals surface area contributed by atoms with E-state index in [-0.39, 0.29) is 35.8 Å². The lowest BCUT2D eigenvalue weighted by atomic mass is 10.0. The summed E-state index contributed by atoms with van der Waals surface area (Å²) in [6.45, 7) is 10.4. The Bertz CT molecular complexity index is 574. The zero-order valence-electron chi connectivity index (χ0n) is 15.8. The summed E-state index contributed by atoms with van der Waals surface area (Å²) in [4.78, 5) is 24.1. The molecule has 0 bridgehead atoms. The van der Waals surface area contributed by atoms with E-state index >= 15 is 0 Å². The number of aryl methyl sites for hydroxylation is 2. The van der Waals surface area contributed by atoms with Crippen molar-refractivity contribution in [1.29, 1.82) is 0 Å². The molecule has 0 atom stereocenters. The van der Waals surface area contributed by atoms with Crippen molar-refractivity contribution in [3.05, 3.63) is 15.6 Å². The largest absolute Gasteiger partial charge is 0.354 e. The number of guanidine groups is 1. The summed E-state index contributed by atoms with van der Waals surface area (Å²) >= 11 is 1.72. The maximum Gasteiger partial charge on any atom is 0.225 e. The standard InChI is InChI=1S/C17H29N5OS.HI/c1-11(2)16(23)22-8-6-14(7-9-22)21-17(18-5)19-10-15-20-12(3)13(4)24-15;/h11,14H,6-10H2,1-5H3,(H2,18,19,21);1H. The van der Waals surface area contributed by atoms with Crippen LogP contribution in [0.1, 0.15) is 42.3 Å². The van der Waals surface area contributed by atoms with Gasteiger partial charge in [0.2, 0.25) is 5.91 Å². The van der Waals surface area contributed by atoms with Crippen LogP contribution in [0.4, 0.5) is 0 Å². The van der Waals surface area contributed by atoms with Gasteiger partial charge in [-0.25, -0.2) is 4.98 Å². The van der Waals surface area contributed by atoms with E-state index in [1.165, 1.54) is 4.88 Å². The van der Waals surface area contributed by atoms with Crippen molar-refractivity contribution in [3.8, 4) is 0 Å². The molecule has 2 rings (SSSR count). The minimum Gasteiger partial charge on any atom is -0.354 e. The zero-order chi connectivity index (χ0) is 17.7. The van der Waals surface area contributed by atoms with E-state index in [2.05, 4.69) is 27.5 Å². The predicted molar refractivity (Wildman–Crippen MR) is 115 cm³/mol. The predicted octanol–water partition coefficient (Wildman–Crippen LogP) is 2.69. The Morgan fingerprint density at radius 1 is 1.36 bits per heavy atom. The van der Waals surface area contributed by atoms with Crippen LogP contribution >= 0.6 is 35.3 Å². The second kappa shape index (κ2) is 10.3. The molecule has 1 aliphatic rings. The maximum atomic E-state index is 12.0. The average Bonchev–Trinajstić information content (AvgIpc) is 2.89. The lowest BCUT2D eigenvalue weighted by Gasteiger charge is -2.34. The average molecular weight is 479 g/mol. The van der Waals surface area contributed by atoms with Crippen molar-refractivity contribution >= 4 is 47.2 Å². The molecule has 1 amide bonds. The number of rotatable bonds is 4. The molecular formula is C17H30IN5OS. The second-order valence-electron chi connectivity index (χ2n) is 6.57. The zero-order valence-corrected chi connectivity index (χ0v) is 18.9. The van der Waals surface area contributed by atoms with Gasteiger partial charge in [-0.1, -0.05) is 13.8 Å². The lowest BCUT2D eigenvalue weighted by Crippen LogP contribution is -2.50. The molecule has 142 valence electrons. The first-order valence-electron chi connectivity index (χ1n) is 8.59. The van der Waals surface area contributed by atoms with E-state index in [0.717, 1.165) is 42.6 Å². The SMILES string of the molecule is CN=C(NCc1nc(C)c(C)s1)NC1CCN(C(=O)C(C)C)CC1.I. The van der Waals surface area contributed by atoms with E-state index in [1.54, 1.807) is 18.4 Å². The summed E-state index contributed by atoms with van der Waals surface area (Å²) < 4.78 is 0. The summed E-state index contributed by atoms with van der Waals surface area (Å²) in [6.07, 6.45) is 1.91.